The maximum atomic E-state index is 13.0. The minimum atomic E-state index is -4.95. The predicted octanol–water partition coefficient (Wildman–Crippen LogP) is 20.5. The van der Waals surface area contributed by atoms with E-state index in [0.717, 1.165) is 108 Å². The topological polar surface area (TPSA) is 237 Å². The summed E-state index contributed by atoms with van der Waals surface area (Å²) >= 11 is 0. The molecule has 0 aliphatic rings. The fraction of sp³-hybridized carbons (Fsp3) is 0.944. The molecule has 3 N–H and O–H groups in total. The number of hydrogen-bond acceptors (Lipinski definition) is 15. The van der Waals surface area contributed by atoms with E-state index in [1.54, 1.807) is 0 Å². The number of phosphoric acid groups is 2. The Labute approximate surface area is 556 Å². The van der Waals surface area contributed by atoms with Crippen LogP contribution in [0.2, 0.25) is 0 Å². The van der Waals surface area contributed by atoms with Gasteiger partial charge in [0.25, 0.3) is 0 Å². The van der Waals surface area contributed by atoms with E-state index < -0.39 is 97.5 Å². The molecule has 0 aliphatic heterocycles. The summed E-state index contributed by atoms with van der Waals surface area (Å²) < 4.78 is 68.3. The molecule has 0 aromatic heterocycles. The van der Waals surface area contributed by atoms with Gasteiger partial charge in [-0.25, -0.2) is 9.13 Å². The van der Waals surface area contributed by atoms with E-state index >= 15 is 0 Å². The van der Waals surface area contributed by atoms with Gasteiger partial charge in [-0.2, -0.15) is 0 Å². The van der Waals surface area contributed by atoms with E-state index in [1.165, 1.54) is 154 Å². The van der Waals surface area contributed by atoms with Crippen molar-refractivity contribution in [2.75, 3.05) is 39.6 Å². The zero-order valence-electron chi connectivity index (χ0n) is 59.5. The molecule has 0 heterocycles. The maximum absolute atomic E-state index is 13.0. The standard InChI is InChI=1S/C72H140O17P2/c1-62(2)48-40-32-24-18-14-11-9-10-12-16-20-28-36-44-52-69(74)82-58-67(88-71(76)54-46-38-29-21-17-13-15-19-25-33-41-49-63(3)4)60-86-90(78,79)84-56-66(73)57-85-91(80,81)87-61-68(89-72(77)55-47-39-31-23-27-35-43-51-65(7)8)59-83-70(75)53-45-37-30-22-26-34-42-50-64(5)6/h62-68,73H,9-61H2,1-8H3,(H,78,79)(H,80,81)/t66?,67-,68-/m1/s1. The van der Waals surface area contributed by atoms with Crippen LogP contribution >= 0.6 is 15.6 Å². The molecule has 0 rings (SSSR count). The van der Waals surface area contributed by atoms with Gasteiger partial charge in [0, 0.05) is 25.7 Å². The van der Waals surface area contributed by atoms with Gasteiger partial charge < -0.3 is 33.8 Å². The molecule has 91 heavy (non-hydrogen) atoms. The van der Waals surface area contributed by atoms with Crippen LogP contribution in [-0.2, 0) is 65.4 Å². The van der Waals surface area contributed by atoms with Crippen LogP contribution in [0.25, 0.3) is 0 Å². The molecule has 0 saturated carbocycles. The minimum absolute atomic E-state index is 0.102. The van der Waals surface area contributed by atoms with Crippen LogP contribution < -0.4 is 0 Å². The molecule has 0 spiro atoms. The number of phosphoric ester groups is 2. The zero-order chi connectivity index (χ0) is 67.5. The maximum Gasteiger partial charge on any atom is 0.472 e. The Bertz CT molecular complexity index is 1800. The van der Waals surface area contributed by atoms with Crippen molar-refractivity contribution in [2.45, 2.75) is 375 Å². The first kappa shape index (κ1) is 89.1. The van der Waals surface area contributed by atoms with Crippen molar-refractivity contribution < 1.29 is 80.2 Å². The molecular weight excluding hydrogens is 1200 g/mol. The lowest BCUT2D eigenvalue weighted by atomic mass is 10.0. The summed E-state index contributed by atoms with van der Waals surface area (Å²) in [7, 11) is -9.90. The van der Waals surface area contributed by atoms with Crippen LogP contribution in [0.15, 0.2) is 0 Å². The van der Waals surface area contributed by atoms with E-state index in [1.807, 2.05) is 0 Å². The van der Waals surface area contributed by atoms with Gasteiger partial charge in [0.15, 0.2) is 12.2 Å². The first-order valence-electron chi connectivity index (χ1n) is 37.2. The average molecular weight is 1340 g/mol. The van der Waals surface area contributed by atoms with Gasteiger partial charge in [-0.15, -0.1) is 0 Å². The van der Waals surface area contributed by atoms with Crippen LogP contribution in [0.4, 0.5) is 0 Å². The summed E-state index contributed by atoms with van der Waals surface area (Å²) in [4.78, 5) is 72.6. The van der Waals surface area contributed by atoms with E-state index in [-0.39, 0.29) is 25.7 Å². The third-order valence-electron chi connectivity index (χ3n) is 16.6. The molecule has 0 aromatic rings. The van der Waals surface area contributed by atoms with E-state index in [9.17, 15) is 43.2 Å². The van der Waals surface area contributed by atoms with Gasteiger partial charge in [0.1, 0.15) is 19.3 Å². The van der Waals surface area contributed by atoms with E-state index in [4.69, 9.17) is 37.0 Å². The highest BCUT2D eigenvalue weighted by Gasteiger charge is 2.30. The van der Waals surface area contributed by atoms with Crippen LogP contribution in [0, 0.1) is 23.7 Å². The molecule has 0 aliphatic carbocycles. The van der Waals surface area contributed by atoms with Gasteiger partial charge in [-0.1, -0.05) is 306 Å². The summed E-state index contributed by atoms with van der Waals surface area (Å²) in [5, 5.41) is 10.6. The molecule has 19 heteroatoms. The lowest BCUT2D eigenvalue weighted by Gasteiger charge is -2.21. The van der Waals surface area contributed by atoms with Crippen molar-refractivity contribution in [3.8, 4) is 0 Å². The second-order valence-corrected chi connectivity index (χ2v) is 30.8. The number of carbonyl (C=O) groups is 4. The molecule has 0 bridgehead atoms. The lowest BCUT2D eigenvalue weighted by molar-refractivity contribution is -0.161. The van der Waals surface area contributed by atoms with Crippen LogP contribution in [0.1, 0.15) is 357 Å². The monoisotopic (exact) mass is 1340 g/mol. The number of hydrogen-bond donors (Lipinski definition) is 3. The summed E-state index contributed by atoms with van der Waals surface area (Å²) in [6.07, 6.45) is 44.6. The van der Waals surface area contributed by atoms with Crippen molar-refractivity contribution in [2.24, 2.45) is 23.7 Å². The van der Waals surface area contributed by atoms with Crippen molar-refractivity contribution in [1.82, 2.24) is 0 Å². The highest BCUT2D eigenvalue weighted by molar-refractivity contribution is 7.47. The molecule has 17 nitrogen and oxygen atoms in total. The number of ether oxygens (including phenoxy) is 4. The molecule has 0 fully saturated rings. The van der Waals surface area contributed by atoms with Gasteiger partial charge in [-0.3, -0.25) is 37.3 Å². The number of unbranched alkanes of at least 4 members (excludes halogenated alkanes) is 35. The normalized spacial score (nSPS) is 14.2. The quantitative estimate of drug-likeness (QED) is 0.0222. The minimum Gasteiger partial charge on any atom is -0.462 e. The Kier molecular flexibility index (Phi) is 60.3. The Morgan fingerprint density at radius 3 is 0.681 bits per heavy atom. The highest BCUT2D eigenvalue weighted by Crippen LogP contribution is 2.45. The molecule has 0 aromatic carbocycles. The first-order chi connectivity index (χ1) is 43.6. The highest BCUT2D eigenvalue weighted by atomic mass is 31.2. The van der Waals surface area contributed by atoms with E-state index in [0.29, 0.717) is 37.5 Å². The molecule has 0 radical (unpaired) electrons. The molecular formula is C72H140O17P2. The van der Waals surface area contributed by atoms with Crippen LogP contribution in [-0.4, -0.2) is 96.7 Å². The van der Waals surface area contributed by atoms with Gasteiger partial charge in [0.05, 0.1) is 26.4 Å². The molecule has 0 amide bonds. The Balaban J connectivity index is 5.23. The van der Waals surface area contributed by atoms with E-state index in [2.05, 4.69) is 55.4 Å². The summed E-state index contributed by atoms with van der Waals surface area (Å²) in [5.74, 6) is 0.836. The number of rotatable bonds is 69. The van der Waals surface area contributed by atoms with Crippen LogP contribution in [0.3, 0.4) is 0 Å². The zero-order valence-corrected chi connectivity index (χ0v) is 61.3. The van der Waals surface area contributed by atoms with Gasteiger partial charge in [-0.05, 0) is 49.4 Å². The van der Waals surface area contributed by atoms with Gasteiger partial charge in [0.2, 0.25) is 0 Å². The fourth-order valence-electron chi connectivity index (χ4n) is 10.8. The summed E-state index contributed by atoms with van der Waals surface area (Å²) in [5.41, 5.74) is 0. The van der Waals surface area contributed by atoms with Crippen molar-refractivity contribution in [3.63, 3.8) is 0 Å². The number of esters is 4. The lowest BCUT2D eigenvalue weighted by Crippen LogP contribution is -2.30. The number of aliphatic hydroxyl groups is 1. The molecule has 3 unspecified atom stereocenters. The average Bonchev–Trinajstić information content (AvgIpc) is 3.47. The molecule has 0 saturated heterocycles. The third kappa shape index (κ3) is 66.5. The van der Waals surface area contributed by atoms with Crippen molar-refractivity contribution in [1.29, 1.82) is 0 Å². The predicted molar refractivity (Wildman–Crippen MR) is 367 cm³/mol. The Morgan fingerprint density at radius 2 is 0.462 bits per heavy atom. The molecule has 5 atom stereocenters. The Morgan fingerprint density at radius 1 is 0.275 bits per heavy atom. The second kappa shape index (κ2) is 61.6. The summed E-state index contributed by atoms with van der Waals surface area (Å²) in [6.45, 7) is 14.1. The molecule has 540 valence electrons. The Hall–Kier alpha value is -1.94. The smallest absolute Gasteiger partial charge is 0.462 e. The second-order valence-electron chi connectivity index (χ2n) is 27.9. The number of carbonyl (C=O) groups excluding carboxylic acids is 4. The van der Waals surface area contributed by atoms with Crippen molar-refractivity contribution >= 4 is 39.5 Å². The fourth-order valence-corrected chi connectivity index (χ4v) is 12.4. The summed E-state index contributed by atoms with van der Waals surface area (Å²) in [6, 6.07) is 0. The third-order valence-corrected chi connectivity index (χ3v) is 18.5. The number of aliphatic hydroxyl groups excluding tert-OH is 1. The largest absolute Gasteiger partial charge is 0.472 e. The SMILES string of the molecule is CC(C)CCCCCCCCCCCCCCCCC(=O)OC[C@H](COP(=O)(O)OCC(O)COP(=O)(O)OC[C@@H](COC(=O)CCCCCCCCCC(C)C)OC(=O)CCCCCCCCCC(C)C)OC(=O)CCCCCCCCCCCCCC(C)C. The van der Waals surface area contributed by atoms with Crippen LogP contribution in [0.5, 0.6) is 0 Å². The van der Waals surface area contributed by atoms with Crippen molar-refractivity contribution in [3.05, 3.63) is 0 Å². The van der Waals surface area contributed by atoms with Gasteiger partial charge >= 0.3 is 39.5 Å². The first-order valence-corrected chi connectivity index (χ1v) is 40.2.